The molecule has 1 aromatic carbocycles. The van der Waals surface area contributed by atoms with Gasteiger partial charge in [-0.25, -0.2) is 19.0 Å². The molecule has 0 saturated carbocycles. The maximum atomic E-state index is 13.4. The molecular weight excluding hydrogens is 353 g/mol. The fourth-order valence-corrected chi connectivity index (χ4v) is 3.54. The van der Waals surface area contributed by atoms with Gasteiger partial charge in [0, 0.05) is 5.56 Å². The first-order valence-electron chi connectivity index (χ1n) is 9.39. The van der Waals surface area contributed by atoms with Crippen molar-refractivity contribution in [3.63, 3.8) is 0 Å². The van der Waals surface area contributed by atoms with Crippen LogP contribution in [0.4, 0.5) is 10.2 Å². The maximum Gasteiger partial charge on any atom is 0.164 e. The number of hydrogen-bond acceptors (Lipinski definition) is 4. The van der Waals surface area contributed by atoms with Gasteiger partial charge in [0.25, 0.3) is 0 Å². The summed E-state index contributed by atoms with van der Waals surface area (Å²) in [6.07, 6.45) is 13.4. The third kappa shape index (κ3) is 3.58. The van der Waals surface area contributed by atoms with E-state index in [0.717, 1.165) is 36.8 Å². The molecule has 1 aliphatic rings. The van der Waals surface area contributed by atoms with E-state index >= 15 is 0 Å². The van der Waals surface area contributed by atoms with Crippen LogP contribution in [0.5, 0.6) is 0 Å². The average Bonchev–Trinajstić information content (AvgIpc) is 3.08. The lowest BCUT2D eigenvalue weighted by molar-refractivity contribution is 0.412. The smallest absolute Gasteiger partial charge is 0.164 e. The normalized spacial score (nSPS) is 20.2. The Morgan fingerprint density at radius 3 is 2.75 bits per heavy atom. The number of rotatable bonds is 2. The number of anilines is 1. The van der Waals surface area contributed by atoms with E-state index in [1.54, 1.807) is 12.1 Å². The number of fused-ring (bicyclic) bond motifs is 1. The Morgan fingerprint density at radius 2 is 1.93 bits per heavy atom. The van der Waals surface area contributed by atoms with Crippen LogP contribution >= 0.6 is 0 Å². The minimum atomic E-state index is -0.289. The molecule has 5 nitrogen and oxygen atoms in total. The van der Waals surface area contributed by atoms with E-state index in [1.165, 1.54) is 18.5 Å². The summed E-state index contributed by atoms with van der Waals surface area (Å²) in [7, 11) is 0. The zero-order valence-electron chi connectivity index (χ0n) is 15.6. The summed E-state index contributed by atoms with van der Waals surface area (Å²) in [5.41, 5.74) is 9.44. The summed E-state index contributed by atoms with van der Waals surface area (Å²) >= 11 is 0. The number of allylic oxidation sites excluding steroid dienone is 5. The molecule has 0 saturated heterocycles. The molecule has 2 heterocycles. The van der Waals surface area contributed by atoms with Crippen LogP contribution < -0.4 is 5.73 Å². The first-order valence-corrected chi connectivity index (χ1v) is 9.39. The Balaban J connectivity index is 1.81. The molecule has 0 fully saturated rings. The fraction of sp³-hybridized carbons (Fsp3) is 0.227. The van der Waals surface area contributed by atoms with E-state index < -0.39 is 0 Å². The second kappa shape index (κ2) is 7.76. The molecule has 0 radical (unpaired) electrons. The van der Waals surface area contributed by atoms with Crippen molar-refractivity contribution < 1.29 is 4.39 Å². The van der Waals surface area contributed by atoms with Gasteiger partial charge in [-0.15, -0.1) is 0 Å². The molecule has 0 amide bonds. The maximum absolute atomic E-state index is 13.4. The molecule has 1 unspecified atom stereocenters. The zero-order chi connectivity index (χ0) is 19.5. The highest BCUT2D eigenvalue weighted by Gasteiger charge is 2.22. The number of aromatic nitrogens is 4. The predicted octanol–water partition coefficient (Wildman–Crippen LogP) is 5.00. The molecule has 0 aliphatic heterocycles. The summed E-state index contributed by atoms with van der Waals surface area (Å²) < 4.78 is 15.3. The van der Waals surface area contributed by atoms with Crippen molar-refractivity contribution in [3.05, 3.63) is 72.9 Å². The summed E-state index contributed by atoms with van der Waals surface area (Å²) in [5, 5.41) is 5.57. The van der Waals surface area contributed by atoms with Crippen molar-refractivity contribution in [2.45, 2.75) is 31.7 Å². The second-order valence-electron chi connectivity index (χ2n) is 6.97. The first kappa shape index (κ1) is 18.1. The largest absolute Gasteiger partial charge is 0.383 e. The van der Waals surface area contributed by atoms with Gasteiger partial charge in [0.2, 0.25) is 0 Å². The lowest BCUT2D eigenvalue weighted by Crippen LogP contribution is -2.12. The van der Waals surface area contributed by atoms with Crippen molar-refractivity contribution >= 4 is 16.9 Å². The van der Waals surface area contributed by atoms with Gasteiger partial charge in [0.05, 0.1) is 11.4 Å². The number of nitrogens with two attached hydrogens (primary N) is 1. The van der Waals surface area contributed by atoms with Crippen LogP contribution in [0.2, 0.25) is 0 Å². The van der Waals surface area contributed by atoms with E-state index in [-0.39, 0.29) is 11.9 Å². The van der Waals surface area contributed by atoms with Gasteiger partial charge in [-0.2, -0.15) is 5.10 Å². The van der Waals surface area contributed by atoms with Crippen LogP contribution in [0.3, 0.4) is 0 Å². The average molecular weight is 375 g/mol. The zero-order valence-corrected chi connectivity index (χ0v) is 15.6. The third-order valence-electron chi connectivity index (χ3n) is 5.03. The van der Waals surface area contributed by atoms with Gasteiger partial charge < -0.3 is 5.73 Å². The summed E-state index contributed by atoms with van der Waals surface area (Å²) in [6.45, 7) is 4.12. The van der Waals surface area contributed by atoms with Gasteiger partial charge in [0.15, 0.2) is 5.65 Å². The molecule has 4 rings (SSSR count). The van der Waals surface area contributed by atoms with Crippen LogP contribution in [-0.4, -0.2) is 19.7 Å². The molecule has 28 heavy (non-hydrogen) atoms. The molecule has 2 N–H and O–H groups in total. The fourth-order valence-electron chi connectivity index (χ4n) is 3.54. The molecule has 1 aliphatic carbocycles. The second-order valence-corrected chi connectivity index (χ2v) is 6.97. The highest BCUT2D eigenvalue weighted by Crippen LogP contribution is 2.34. The number of halogens is 1. The Morgan fingerprint density at radius 1 is 1.11 bits per heavy atom. The topological polar surface area (TPSA) is 69.6 Å². The molecule has 2 aromatic heterocycles. The van der Waals surface area contributed by atoms with Gasteiger partial charge in [0.1, 0.15) is 23.7 Å². The molecule has 6 heteroatoms. The van der Waals surface area contributed by atoms with Gasteiger partial charge in [-0.1, -0.05) is 36.5 Å². The summed E-state index contributed by atoms with van der Waals surface area (Å²) in [4.78, 5) is 8.62. The molecular formula is C22H22FN5. The quantitative estimate of drug-likeness (QED) is 0.684. The Kier molecular flexibility index (Phi) is 5.02. The Hall–Kier alpha value is -3.28. The van der Waals surface area contributed by atoms with E-state index in [2.05, 4.69) is 28.7 Å². The molecule has 3 aromatic rings. The van der Waals surface area contributed by atoms with Crippen molar-refractivity contribution in [2.75, 3.05) is 5.73 Å². The monoisotopic (exact) mass is 375 g/mol. The minimum Gasteiger partial charge on any atom is -0.383 e. The van der Waals surface area contributed by atoms with Gasteiger partial charge in [-0.3, -0.25) is 0 Å². The third-order valence-corrected chi connectivity index (χ3v) is 5.03. The van der Waals surface area contributed by atoms with Crippen LogP contribution in [0.25, 0.3) is 22.3 Å². The van der Waals surface area contributed by atoms with Crippen LogP contribution in [0.1, 0.15) is 31.7 Å². The van der Waals surface area contributed by atoms with E-state index in [1.807, 2.05) is 16.8 Å². The van der Waals surface area contributed by atoms with Crippen molar-refractivity contribution in [1.29, 1.82) is 0 Å². The van der Waals surface area contributed by atoms with Crippen LogP contribution in [0.15, 0.2) is 67.0 Å². The van der Waals surface area contributed by atoms with Gasteiger partial charge in [-0.05, 0) is 49.9 Å². The summed E-state index contributed by atoms with van der Waals surface area (Å²) in [5.74, 6) is 0.0880. The Labute approximate surface area is 163 Å². The van der Waals surface area contributed by atoms with Crippen molar-refractivity contribution in [1.82, 2.24) is 19.7 Å². The highest BCUT2D eigenvalue weighted by atomic mass is 19.1. The number of hydrogen-bond donors (Lipinski definition) is 1. The van der Waals surface area contributed by atoms with Gasteiger partial charge >= 0.3 is 0 Å². The van der Waals surface area contributed by atoms with E-state index in [4.69, 9.17) is 10.8 Å². The predicted molar refractivity (Wildman–Crippen MR) is 110 cm³/mol. The van der Waals surface area contributed by atoms with Crippen molar-refractivity contribution in [2.24, 2.45) is 0 Å². The van der Waals surface area contributed by atoms with E-state index in [9.17, 15) is 4.39 Å². The number of nitrogens with zero attached hydrogens (tertiary/aromatic N) is 4. The SMILES string of the molecule is C=C1/C=C\C=C/CCC(n2nc(-c3ccc(F)cc3)c3c(N)ncnc32)CC1. The van der Waals surface area contributed by atoms with Crippen LogP contribution in [0, 0.1) is 5.82 Å². The Bertz CT molecular complexity index is 1060. The van der Waals surface area contributed by atoms with E-state index in [0.29, 0.717) is 22.5 Å². The number of nitrogen functional groups attached to an aromatic ring is 1. The summed E-state index contributed by atoms with van der Waals surface area (Å²) in [6, 6.07) is 6.40. The minimum absolute atomic E-state index is 0.152. The molecule has 0 bridgehead atoms. The molecule has 142 valence electrons. The molecule has 1 atom stereocenters. The van der Waals surface area contributed by atoms with Crippen LogP contribution in [-0.2, 0) is 0 Å². The lowest BCUT2D eigenvalue weighted by Gasteiger charge is -2.18. The standard InChI is InChI=1S/C22H22FN5/c1-15-6-4-2-3-5-7-18(13-8-15)28-22-19(21(24)25-14-26-22)20(27-28)16-9-11-17(23)12-10-16/h2-4,6,9-12,14,18H,1,5,7-8,13H2,(H2,24,25,26)/b3-2-,6-4-. The number of benzene rings is 1. The molecule has 0 spiro atoms. The lowest BCUT2D eigenvalue weighted by atomic mass is 10.0. The first-order chi connectivity index (χ1) is 13.6. The highest BCUT2D eigenvalue weighted by molar-refractivity contribution is 5.98. The van der Waals surface area contributed by atoms with Crippen molar-refractivity contribution in [3.8, 4) is 11.3 Å².